The largest absolute Gasteiger partial charge is 0.416 e. The van der Waals surface area contributed by atoms with Crippen molar-refractivity contribution >= 4 is 11.8 Å². The van der Waals surface area contributed by atoms with Crippen LogP contribution >= 0.6 is 0 Å². The van der Waals surface area contributed by atoms with Gasteiger partial charge in [-0.3, -0.25) is 14.6 Å². The molecule has 4 fully saturated rings. The van der Waals surface area contributed by atoms with Crippen LogP contribution in [0.4, 0.5) is 17.6 Å². The molecule has 0 unspecified atom stereocenters. The van der Waals surface area contributed by atoms with Crippen LogP contribution < -0.4 is 5.32 Å². The quantitative estimate of drug-likeness (QED) is 0.585. The van der Waals surface area contributed by atoms with Gasteiger partial charge in [-0.2, -0.15) is 13.2 Å². The summed E-state index contributed by atoms with van der Waals surface area (Å²) in [7, 11) is 0. The number of hydrogen-bond acceptors (Lipinski definition) is 3. The molecular formula is C26H25F4N3O2. The SMILES string of the molecule is O=C(N[C@@H](c1ccc(C(F)(F)F)cc1F)C1CC1)[C@H]1C[C@H]2C[C@H]2N1C(=O)c1cncc(C2CC2)c1. The summed E-state index contributed by atoms with van der Waals surface area (Å²) in [6, 6.07) is 2.91. The van der Waals surface area contributed by atoms with Crippen LogP contribution in [0.25, 0.3) is 0 Å². The van der Waals surface area contributed by atoms with E-state index in [9.17, 15) is 27.2 Å². The molecule has 0 radical (unpaired) electrons. The van der Waals surface area contributed by atoms with Gasteiger partial charge in [-0.1, -0.05) is 6.07 Å². The van der Waals surface area contributed by atoms with Gasteiger partial charge in [0.2, 0.25) is 5.91 Å². The Morgan fingerprint density at radius 2 is 1.83 bits per heavy atom. The minimum atomic E-state index is -4.64. The van der Waals surface area contributed by atoms with Crippen molar-refractivity contribution in [3.8, 4) is 0 Å². The molecule has 1 saturated heterocycles. The fourth-order valence-electron chi connectivity index (χ4n) is 5.43. The van der Waals surface area contributed by atoms with Crippen molar-refractivity contribution in [1.29, 1.82) is 0 Å². The number of benzene rings is 1. The molecule has 1 N–H and O–H groups in total. The molecule has 3 saturated carbocycles. The number of pyridine rings is 1. The van der Waals surface area contributed by atoms with E-state index in [1.165, 1.54) is 6.20 Å². The molecular weight excluding hydrogens is 462 g/mol. The number of hydrogen-bond donors (Lipinski definition) is 1. The van der Waals surface area contributed by atoms with Gasteiger partial charge in [-0.05, 0) is 80.0 Å². The van der Waals surface area contributed by atoms with Crippen molar-refractivity contribution in [2.75, 3.05) is 0 Å². The lowest BCUT2D eigenvalue weighted by Gasteiger charge is -2.29. The molecule has 4 aliphatic rings. The Morgan fingerprint density at radius 1 is 1.06 bits per heavy atom. The van der Waals surface area contributed by atoms with Crippen molar-refractivity contribution in [3.05, 3.63) is 64.7 Å². The van der Waals surface area contributed by atoms with E-state index in [0.29, 0.717) is 24.0 Å². The second-order valence-electron chi connectivity index (χ2n) is 10.4. The first kappa shape index (κ1) is 22.5. The van der Waals surface area contributed by atoms with E-state index in [0.717, 1.165) is 49.8 Å². The Morgan fingerprint density at radius 3 is 2.49 bits per heavy atom. The summed E-state index contributed by atoms with van der Waals surface area (Å²) in [5.41, 5.74) is 0.493. The van der Waals surface area contributed by atoms with Crippen LogP contribution in [0.2, 0.25) is 0 Å². The number of fused-ring (bicyclic) bond motifs is 1. The standard InChI is InChI=1S/C26H25F4N3O2/c27-20-10-18(26(28,29)30)5-6-19(20)23(14-3-4-14)32-24(34)22-9-15-8-21(15)33(22)25(35)17-7-16(11-31-12-17)13-1-2-13/h5-7,10-15,21-23H,1-4,8-9H2,(H,32,34)/t15-,21-,22-,23-/m1/s1. The summed E-state index contributed by atoms with van der Waals surface area (Å²) in [5.74, 6) is -0.926. The zero-order valence-electron chi connectivity index (χ0n) is 18.9. The summed E-state index contributed by atoms with van der Waals surface area (Å²) in [6.07, 6.45) is 3.73. The molecule has 2 heterocycles. The monoisotopic (exact) mass is 487 g/mol. The van der Waals surface area contributed by atoms with Gasteiger partial charge in [0.15, 0.2) is 0 Å². The number of amides is 2. The van der Waals surface area contributed by atoms with Gasteiger partial charge >= 0.3 is 6.18 Å². The number of carbonyl (C=O) groups is 2. The summed E-state index contributed by atoms with van der Waals surface area (Å²) >= 11 is 0. The molecule has 184 valence electrons. The number of piperidine rings is 1. The van der Waals surface area contributed by atoms with Gasteiger partial charge in [0.25, 0.3) is 5.91 Å². The molecule has 3 aliphatic carbocycles. The maximum atomic E-state index is 14.7. The van der Waals surface area contributed by atoms with Crippen LogP contribution in [0.5, 0.6) is 0 Å². The Kier molecular flexibility index (Phi) is 5.16. The summed E-state index contributed by atoms with van der Waals surface area (Å²) in [6.45, 7) is 0. The molecule has 2 aromatic rings. The average molecular weight is 487 g/mol. The predicted molar refractivity (Wildman–Crippen MR) is 118 cm³/mol. The first-order valence-corrected chi connectivity index (χ1v) is 12.2. The van der Waals surface area contributed by atoms with Crippen LogP contribution in [-0.2, 0) is 11.0 Å². The van der Waals surface area contributed by atoms with Gasteiger partial charge in [-0.15, -0.1) is 0 Å². The van der Waals surface area contributed by atoms with E-state index in [1.54, 1.807) is 11.1 Å². The highest BCUT2D eigenvalue weighted by Gasteiger charge is 2.56. The van der Waals surface area contributed by atoms with Gasteiger partial charge in [-0.25, -0.2) is 4.39 Å². The number of nitrogens with one attached hydrogen (secondary N) is 1. The second kappa shape index (κ2) is 8.03. The lowest BCUT2D eigenvalue weighted by molar-refractivity contribution is -0.137. The van der Waals surface area contributed by atoms with E-state index < -0.39 is 29.6 Å². The first-order valence-electron chi connectivity index (χ1n) is 12.2. The molecule has 1 aromatic heterocycles. The number of carbonyl (C=O) groups excluding carboxylic acids is 2. The fourth-order valence-corrected chi connectivity index (χ4v) is 5.43. The van der Waals surface area contributed by atoms with Gasteiger partial charge in [0.1, 0.15) is 11.9 Å². The zero-order chi connectivity index (χ0) is 24.5. The van der Waals surface area contributed by atoms with E-state index in [4.69, 9.17) is 0 Å². The third-order valence-electron chi connectivity index (χ3n) is 7.75. The summed E-state index contributed by atoms with van der Waals surface area (Å²) < 4.78 is 53.7. The topological polar surface area (TPSA) is 62.3 Å². The Hall–Kier alpha value is -2.97. The number of alkyl halides is 3. The maximum absolute atomic E-state index is 14.7. The van der Waals surface area contributed by atoms with Crippen molar-refractivity contribution in [1.82, 2.24) is 15.2 Å². The Bertz CT molecular complexity index is 1190. The molecule has 2 amide bonds. The molecule has 0 spiro atoms. The Labute approximate surface area is 199 Å². The first-order chi connectivity index (χ1) is 16.7. The molecule has 1 aliphatic heterocycles. The van der Waals surface area contributed by atoms with E-state index in [2.05, 4.69) is 10.3 Å². The van der Waals surface area contributed by atoms with Gasteiger partial charge in [0, 0.05) is 24.0 Å². The molecule has 9 heteroatoms. The van der Waals surface area contributed by atoms with E-state index in [1.807, 2.05) is 6.07 Å². The minimum Gasteiger partial charge on any atom is -0.347 e. The number of rotatable bonds is 6. The van der Waals surface area contributed by atoms with Crippen LogP contribution in [0.15, 0.2) is 36.7 Å². The summed E-state index contributed by atoms with van der Waals surface area (Å²) in [5, 5.41) is 2.88. The van der Waals surface area contributed by atoms with Gasteiger partial charge < -0.3 is 10.2 Å². The van der Waals surface area contributed by atoms with Crippen LogP contribution in [-0.4, -0.2) is 33.8 Å². The third-order valence-corrected chi connectivity index (χ3v) is 7.75. The lowest BCUT2D eigenvalue weighted by Crippen LogP contribution is -2.49. The van der Waals surface area contributed by atoms with Crippen LogP contribution in [0.3, 0.4) is 0 Å². The number of aromatic nitrogens is 1. The molecule has 1 aromatic carbocycles. The van der Waals surface area contributed by atoms with Crippen molar-refractivity contribution < 1.29 is 27.2 Å². The fraction of sp³-hybridized carbons (Fsp3) is 0.500. The number of halogens is 4. The highest BCUT2D eigenvalue weighted by atomic mass is 19.4. The molecule has 6 rings (SSSR count). The predicted octanol–water partition coefficient (Wildman–Crippen LogP) is 4.99. The van der Waals surface area contributed by atoms with Crippen molar-refractivity contribution in [2.24, 2.45) is 11.8 Å². The average Bonchev–Trinajstić information content (AvgIpc) is 3.70. The highest BCUT2D eigenvalue weighted by Crippen LogP contribution is 2.49. The Balaban J connectivity index is 1.22. The number of nitrogens with zero attached hydrogens (tertiary/aromatic N) is 2. The molecule has 35 heavy (non-hydrogen) atoms. The lowest BCUT2D eigenvalue weighted by atomic mass is 9.99. The minimum absolute atomic E-state index is 0.00464. The molecule has 4 atom stereocenters. The van der Waals surface area contributed by atoms with Crippen LogP contribution in [0, 0.1) is 17.7 Å². The van der Waals surface area contributed by atoms with Crippen LogP contribution in [0.1, 0.15) is 77.5 Å². The zero-order valence-corrected chi connectivity index (χ0v) is 18.9. The third kappa shape index (κ3) is 4.29. The van der Waals surface area contributed by atoms with Crippen molar-refractivity contribution in [3.63, 3.8) is 0 Å². The van der Waals surface area contributed by atoms with Crippen molar-refractivity contribution in [2.45, 2.75) is 68.7 Å². The van der Waals surface area contributed by atoms with E-state index >= 15 is 0 Å². The second-order valence-corrected chi connectivity index (χ2v) is 10.4. The smallest absolute Gasteiger partial charge is 0.347 e. The molecule has 5 nitrogen and oxygen atoms in total. The van der Waals surface area contributed by atoms with E-state index in [-0.39, 0.29) is 35.3 Å². The molecule has 0 bridgehead atoms. The number of likely N-dealkylation sites (tertiary alicyclic amines) is 1. The highest BCUT2D eigenvalue weighted by molar-refractivity contribution is 5.98. The maximum Gasteiger partial charge on any atom is 0.416 e. The summed E-state index contributed by atoms with van der Waals surface area (Å²) in [4.78, 5) is 32.7. The van der Waals surface area contributed by atoms with Gasteiger partial charge in [0.05, 0.1) is 17.2 Å². The normalized spacial score (nSPS) is 26.3.